The van der Waals surface area contributed by atoms with Gasteiger partial charge in [-0.2, -0.15) is 0 Å². The molecule has 0 spiro atoms. The predicted octanol–water partition coefficient (Wildman–Crippen LogP) is 1.18. The highest BCUT2D eigenvalue weighted by Crippen LogP contribution is 2.26. The highest BCUT2D eigenvalue weighted by atomic mass is 35.5. The molecule has 2 aliphatic heterocycles. The molecule has 5 nitrogen and oxygen atoms in total. The molecule has 1 saturated heterocycles. The van der Waals surface area contributed by atoms with Gasteiger partial charge in [-0.15, -0.1) is 12.4 Å². The number of benzene rings is 1. The van der Waals surface area contributed by atoms with Crippen molar-refractivity contribution in [3.63, 3.8) is 0 Å². The third-order valence-corrected chi connectivity index (χ3v) is 3.72. The third kappa shape index (κ3) is 3.16. The van der Waals surface area contributed by atoms with Crippen molar-refractivity contribution in [2.24, 2.45) is 0 Å². The quantitative estimate of drug-likeness (QED) is 0.818. The Bertz CT molecular complexity index is 574. The fourth-order valence-corrected chi connectivity index (χ4v) is 2.60. The number of rotatable bonds is 1. The molecule has 0 saturated carbocycles. The van der Waals surface area contributed by atoms with Gasteiger partial charge in [-0.1, -0.05) is 0 Å². The van der Waals surface area contributed by atoms with Gasteiger partial charge in [-0.3, -0.25) is 9.59 Å². The third-order valence-electron chi connectivity index (χ3n) is 3.72. The first-order valence-corrected chi connectivity index (χ1v) is 6.77. The van der Waals surface area contributed by atoms with Crippen LogP contribution in [-0.2, 0) is 11.2 Å². The maximum atomic E-state index is 14.1. The first-order valence-electron chi connectivity index (χ1n) is 6.77. The van der Waals surface area contributed by atoms with E-state index in [-0.39, 0.29) is 29.8 Å². The molecule has 0 bridgehead atoms. The first-order chi connectivity index (χ1) is 9.65. The lowest BCUT2D eigenvalue weighted by molar-refractivity contribution is -0.116. The number of nitrogens with zero attached hydrogens (tertiary/aromatic N) is 1. The Balaban J connectivity index is 0.00000161. The Kier molecular flexibility index (Phi) is 4.80. The highest BCUT2D eigenvalue weighted by Gasteiger charge is 2.24. The van der Waals surface area contributed by atoms with Crippen LogP contribution < -0.4 is 10.6 Å². The van der Waals surface area contributed by atoms with Crippen molar-refractivity contribution in [2.45, 2.75) is 12.8 Å². The maximum absolute atomic E-state index is 14.1. The first kappa shape index (κ1) is 15.7. The van der Waals surface area contributed by atoms with Gasteiger partial charge in [0.05, 0.1) is 5.56 Å². The molecule has 0 atom stereocenters. The largest absolute Gasteiger partial charge is 0.336 e. The average Bonchev–Trinajstić information content (AvgIpc) is 2.46. The maximum Gasteiger partial charge on any atom is 0.256 e. The number of hydrogen-bond donors (Lipinski definition) is 2. The molecule has 1 fully saturated rings. The van der Waals surface area contributed by atoms with Crippen molar-refractivity contribution in [1.29, 1.82) is 0 Å². The summed E-state index contributed by atoms with van der Waals surface area (Å²) in [6.07, 6.45) is 0.920. The smallest absolute Gasteiger partial charge is 0.256 e. The molecular formula is C14H17ClFN3O2. The predicted molar refractivity (Wildman–Crippen MR) is 79.4 cm³/mol. The van der Waals surface area contributed by atoms with E-state index in [1.807, 2.05) is 0 Å². The molecule has 2 heterocycles. The number of halogens is 2. The summed E-state index contributed by atoms with van der Waals surface area (Å²) in [5, 5.41) is 5.79. The number of anilines is 1. The standard InChI is InChI=1S/C14H16FN3O2.ClH/c15-11-8-12-9(1-2-13(19)17-12)7-10(11)14(20)18-5-3-16-4-6-18;/h7-8,16H,1-6H2,(H,17,19);1H. The summed E-state index contributed by atoms with van der Waals surface area (Å²) >= 11 is 0. The molecule has 0 unspecified atom stereocenters. The Hall–Kier alpha value is -1.66. The summed E-state index contributed by atoms with van der Waals surface area (Å²) in [6.45, 7) is 2.64. The van der Waals surface area contributed by atoms with Crippen LogP contribution in [0.5, 0.6) is 0 Å². The normalized spacial score (nSPS) is 17.6. The Morgan fingerprint density at radius 2 is 1.90 bits per heavy atom. The van der Waals surface area contributed by atoms with Crippen LogP contribution in [0.4, 0.5) is 10.1 Å². The number of carbonyl (C=O) groups is 2. The van der Waals surface area contributed by atoms with Gasteiger partial charge in [0.25, 0.3) is 5.91 Å². The molecule has 0 aromatic heterocycles. The zero-order chi connectivity index (χ0) is 14.1. The summed E-state index contributed by atoms with van der Waals surface area (Å²) in [4.78, 5) is 25.3. The summed E-state index contributed by atoms with van der Waals surface area (Å²) < 4.78 is 14.1. The molecule has 1 aromatic rings. The van der Waals surface area contributed by atoms with Crippen molar-refractivity contribution in [3.8, 4) is 0 Å². The number of hydrogen-bond acceptors (Lipinski definition) is 3. The van der Waals surface area contributed by atoms with Gasteiger partial charge in [0, 0.05) is 38.3 Å². The number of fused-ring (bicyclic) bond motifs is 1. The molecule has 2 amide bonds. The molecule has 7 heteroatoms. The van der Waals surface area contributed by atoms with Crippen LogP contribution in [0.25, 0.3) is 0 Å². The summed E-state index contributed by atoms with van der Waals surface area (Å²) in [7, 11) is 0. The van der Waals surface area contributed by atoms with E-state index < -0.39 is 5.82 Å². The number of aryl methyl sites for hydroxylation is 1. The molecule has 2 N–H and O–H groups in total. The van der Waals surface area contributed by atoms with Crippen molar-refractivity contribution in [3.05, 3.63) is 29.1 Å². The van der Waals surface area contributed by atoms with Crippen LogP contribution in [0.15, 0.2) is 12.1 Å². The minimum absolute atomic E-state index is 0. The van der Waals surface area contributed by atoms with Crippen molar-refractivity contribution in [1.82, 2.24) is 10.2 Å². The summed E-state index contributed by atoms with van der Waals surface area (Å²) in [5.74, 6) is -0.962. The fraction of sp³-hybridized carbons (Fsp3) is 0.429. The molecule has 0 aliphatic carbocycles. The zero-order valence-electron chi connectivity index (χ0n) is 11.4. The Morgan fingerprint density at radius 3 is 2.62 bits per heavy atom. The van der Waals surface area contributed by atoms with Gasteiger partial charge in [-0.25, -0.2) is 4.39 Å². The van der Waals surface area contributed by atoms with E-state index in [2.05, 4.69) is 10.6 Å². The average molecular weight is 314 g/mol. The lowest BCUT2D eigenvalue weighted by atomic mass is 9.99. The highest BCUT2D eigenvalue weighted by molar-refractivity contribution is 5.98. The number of nitrogens with one attached hydrogen (secondary N) is 2. The zero-order valence-corrected chi connectivity index (χ0v) is 12.3. The molecule has 2 aliphatic rings. The second-order valence-corrected chi connectivity index (χ2v) is 5.08. The van der Waals surface area contributed by atoms with E-state index >= 15 is 0 Å². The van der Waals surface area contributed by atoms with Crippen molar-refractivity contribution in [2.75, 3.05) is 31.5 Å². The molecule has 1 aromatic carbocycles. The Morgan fingerprint density at radius 1 is 1.19 bits per heavy atom. The molecule has 0 radical (unpaired) electrons. The van der Waals surface area contributed by atoms with Gasteiger partial charge in [-0.05, 0) is 24.1 Å². The summed E-state index contributed by atoms with van der Waals surface area (Å²) in [6, 6.07) is 2.83. The number of piperazine rings is 1. The van der Waals surface area contributed by atoms with Crippen molar-refractivity contribution < 1.29 is 14.0 Å². The van der Waals surface area contributed by atoms with Crippen LogP contribution in [0.2, 0.25) is 0 Å². The van der Waals surface area contributed by atoms with E-state index in [4.69, 9.17) is 0 Å². The minimum Gasteiger partial charge on any atom is -0.336 e. The van der Waals surface area contributed by atoms with Crippen LogP contribution >= 0.6 is 12.4 Å². The van der Waals surface area contributed by atoms with Crippen LogP contribution in [0.3, 0.4) is 0 Å². The SMILES string of the molecule is Cl.O=C1CCc2cc(C(=O)N3CCNCC3)c(F)cc2N1. The van der Waals surface area contributed by atoms with Gasteiger partial charge in [0.2, 0.25) is 5.91 Å². The van der Waals surface area contributed by atoms with Crippen molar-refractivity contribution >= 4 is 29.9 Å². The second-order valence-electron chi connectivity index (χ2n) is 5.08. The van der Waals surface area contributed by atoms with Gasteiger partial charge < -0.3 is 15.5 Å². The van der Waals surface area contributed by atoms with E-state index in [1.165, 1.54) is 6.07 Å². The lowest BCUT2D eigenvalue weighted by Crippen LogP contribution is -2.46. The van der Waals surface area contributed by atoms with E-state index in [0.717, 1.165) is 18.7 Å². The topological polar surface area (TPSA) is 61.4 Å². The number of amides is 2. The van der Waals surface area contributed by atoms with E-state index in [9.17, 15) is 14.0 Å². The van der Waals surface area contributed by atoms with Gasteiger partial charge in [0.15, 0.2) is 0 Å². The molecule has 21 heavy (non-hydrogen) atoms. The fourth-order valence-electron chi connectivity index (χ4n) is 2.60. The van der Waals surface area contributed by atoms with Gasteiger partial charge in [0.1, 0.15) is 5.82 Å². The minimum atomic E-state index is -0.575. The lowest BCUT2D eigenvalue weighted by Gasteiger charge is -2.28. The monoisotopic (exact) mass is 313 g/mol. The van der Waals surface area contributed by atoms with Crippen LogP contribution in [0.1, 0.15) is 22.3 Å². The second kappa shape index (κ2) is 6.41. The molecule has 3 rings (SSSR count). The van der Waals surface area contributed by atoms with E-state index in [1.54, 1.807) is 11.0 Å². The molecular weight excluding hydrogens is 297 g/mol. The van der Waals surface area contributed by atoms with Crippen LogP contribution in [-0.4, -0.2) is 42.9 Å². The Labute approximate surface area is 128 Å². The number of carbonyl (C=O) groups excluding carboxylic acids is 2. The van der Waals surface area contributed by atoms with E-state index in [0.29, 0.717) is 31.6 Å². The molecule has 114 valence electrons. The van der Waals surface area contributed by atoms with Crippen LogP contribution in [0, 0.1) is 5.82 Å². The summed E-state index contributed by atoms with van der Waals surface area (Å²) in [5.41, 5.74) is 1.40. The van der Waals surface area contributed by atoms with Gasteiger partial charge >= 0.3 is 0 Å².